The van der Waals surface area contributed by atoms with Gasteiger partial charge in [-0.2, -0.15) is 0 Å². The van der Waals surface area contributed by atoms with E-state index in [1.807, 2.05) is 13.8 Å². The van der Waals surface area contributed by atoms with Crippen LogP contribution in [0, 0.1) is 5.41 Å². The number of hydrogen-bond acceptors (Lipinski definition) is 10. The third kappa shape index (κ3) is 7.54. The van der Waals surface area contributed by atoms with Crippen molar-refractivity contribution in [1.29, 1.82) is 0 Å². The first kappa shape index (κ1) is 23.5. The van der Waals surface area contributed by atoms with Gasteiger partial charge in [0, 0.05) is 32.6 Å². The smallest absolute Gasteiger partial charge is 0.303 e. The Morgan fingerprint density at radius 3 is 2.07 bits per heavy atom. The van der Waals surface area contributed by atoms with E-state index in [9.17, 15) is 14.4 Å². The van der Waals surface area contributed by atoms with E-state index in [0.717, 1.165) is 0 Å². The van der Waals surface area contributed by atoms with Gasteiger partial charge in [-0.3, -0.25) is 14.4 Å². The molecule has 166 valence electrons. The number of rotatable bonds is 8. The van der Waals surface area contributed by atoms with Gasteiger partial charge < -0.3 is 33.2 Å². The van der Waals surface area contributed by atoms with E-state index < -0.39 is 48.8 Å². The van der Waals surface area contributed by atoms with E-state index in [1.165, 1.54) is 20.8 Å². The molecule has 10 nitrogen and oxygen atoms in total. The minimum absolute atomic E-state index is 0.0342. The van der Waals surface area contributed by atoms with Gasteiger partial charge in [0.2, 0.25) is 0 Å². The Morgan fingerprint density at radius 2 is 1.52 bits per heavy atom. The monoisotopic (exact) mass is 418 g/mol. The summed E-state index contributed by atoms with van der Waals surface area (Å²) in [6.07, 6.45) is -3.76. The highest BCUT2D eigenvalue weighted by Crippen LogP contribution is 2.29. The zero-order valence-electron chi connectivity index (χ0n) is 17.5. The van der Waals surface area contributed by atoms with E-state index >= 15 is 0 Å². The molecule has 0 unspecified atom stereocenters. The van der Waals surface area contributed by atoms with Crippen LogP contribution in [-0.2, 0) is 47.5 Å². The van der Waals surface area contributed by atoms with Crippen molar-refractivity contribution in [1.82, 2.24) is 0 Å². The van der Waals surface area contributed by atoms with Crippen LogP contribution < -0.4 is 0 Å². The fraction of sp³-hybridized carbons (Fsp3) is 0.842. The van der Waals surface area contributed by atoms with Crippen LogP contribution in [0.15, 0.2) is 0 Å². The van der Waals surface area contributed by atoms with Gasteiger partial charge in [0.05, 0.1) is 19.8 Å². The van der Waals surface area contributed by atoms with E-state index in [4.69, 9.17) is 33.2 Å². The highest BCUT2D eigenvalue weighted by atomic mass is 16.7. The van der Waals surface area contributed by atoms with Crippen LogP contribution in [0.5, 0.6) is 0 Å². The summed E-state index contributed by atoms with van der Waals surface area (Å²) >= 11 is 0. The second-order valence-corrected chi connectivity index (χ2v) is 7.87. The fourth-order valence-corrected chi connectivity index (χ4v) is 2.98. The summed E-state index contributed by atoms with van der Waals surface area (Å²) < 4.78 is 38.3. The van der Waals surface area contributed by atoms with Crippen molar-refractivity contribution in [3.8, 4) is 0 Å². The number of hydrogen-bond donors (Lipinski definition) is 0. The number of carbonyl (C=O) groups is 3. The van der Waals surface area contributed by atoms with Gasteiger partial charge in [-0.15, -0.1) is 0 Å². The first-order valence-electron chi connectivity index (χ1n) is 9.55. The molecule has 2 heterocycles. The van der Waals surface area contributed by atoms with E-state index in [0.29, 0.717) is 19.6 Å². The van der Waals surface area contributed by atoms with Crippen LogP contribution in [0.3, 0.4) is 0 Å². The van der Waals surface area contributed by atoms with Crippen molar-refractivity contribution in [2.75, 3.05) is 26.4 Å². The lowest BCUT2D eigenvalue weighted by atomic mass is 9.95. The van der Waals surface area contributed by atoms with Crippen molar-refractivity contribution in [2.24, 2.45) is 5.41 Å². The van der Waals surface area contributed by atoms with Crippen molar-refractivity contribution >= 4 is 17.9 Å². The van der Waals surface area contributed by atoms with Crippen molar-refractivity contribution in [3.05, 3.63) is 0 Å². The predicted octanol–water partition coefficient (Wildman–Crippen LogP) is 0.944. The third-order valence-electron chi connectivity index (χ3n) is 4.28. The summed E-state index contributed by atoms with van der Waals surface area (Å²) in [4.78, 5) is 34.2. The number of carbonyl (C=O) groups excluding carboxylic acids is 3. The molecule has 2 rings (SSSR count). The summed E-state index contributed by atoms with van der Waals surface area (Å²) in [5, 5.41) is 0. The highest BCUT2D eigenvalue weighted by molar-refractivity contribution is 5.67. The number of ether oxygens (including phenoxy) is 7. The molecule has 2 saturated heterocycles. The SMILES string of the molecule is CC(=O)OC[C@H]1O[C@@H](OCCC2OCC(C)(C)CO2)[C@H](OC(C)=O)[C@@H]1OC(C)=O. The molecule has 0 aromatic heterocycles. The van der Waals surface area contributed by atoms with Gasteiger partial charge in [-0.05, 0) is 0 Å². The van der Waals surface area contributed by atoms with Gasteiger partial charge in [0.15, 0.2) is 24.8 Å². The maximum Gasteiger partial charge on any atom is 0.303 e. The summed E-state index contributed by atoms with van der Waals surface area (Å²) in [6, 6.07) is 0. The molecule has 2 fully saturated rings. The summed E-state index contributed by atoms with van der Waals surface area (Å²) in [5.74, 6) is -1.69. The van der Waals surface area contributed by atoms with Gasteiger partial charge in [-0.25, -0.2) is 0 Å². The molecule has 0 saturated carbocycles. The maximum absolute atomic E-state index is 11.5. The molecule has 2 aliphatic heterocycles. The number of esters is 3. The Labute approximate surface area is 170 Å². The van der Waals surface area contributed by atoms with Crippen LogP contribution in [0.25, 0.3) is 0 Å². The molecule has 0 bridgehead atoms. The minimum atomic E-state index is -0.996. The predicted molar refractivity (Wildman–Crippen MR) is 96.4 cm³/mol. The largest absolute Gasteiger partial charge is 0.463 e. The zero-order chi connectivity index (χ0) is 21.6. The molecule has 0 N–H and O–H groups in total. The third-order valence-corrected chi connectivity index (χ3v) is 4.28. The van der Waals surface area contributed by atoms with Gasteiger partial charge in [0.1, 0.15) is 12.7 Å². The topological polar surface area (TPSA) is 116 Å². The first-order chi connectivity index (χ1) is 13.6. The highest BCUT2D eigenvalue weighted by Gasteiger charge is 2.50. The maximum atomic E-state index is 11.5. The van der Waals surface area contributed by atoms with Gasteiger partial charge in [-0.1, -0.05) is 13.8 Å². The Kier molecular flexibility index (Phi) is 8.38. The van der Waals surface area contributed by atoms with Crippen molar-refractivity contribution in [3.63, 3.8) is 0 Å². The Morgan fingerprint density at radius 1 is 0.931 bits per heavy atom. The summed E-state index contributed by atoms with van der Waals surface area (Å²) in [6.45, 7) is 8.98. The molecule has 2 aliphatic rings. The molecule has 0 aliphatic carbocycles. The molecule has 0 aromatic carbocycles. The van der Waals surface area contributed by atoms with Crippen LogP contribution in [0.1, 0.15) is 41.0 Å². The standard InChI is InChI=1S/C19H30O10/c1-11(20)24-8-14-16(27-12(2)21)17(28-13(3)22)18(29-14)23-7-6-15-25-9-19(4,5)10-26-15/h14-18H,6-10H2,1-5H3/t14-,16-,17-,18-/m1/s1. The van der Waals surface area contributed by atoms with E-state index in [-0.39, 0.29) is 18.6 Å². The Hall–Kier alpha value is -1.75. The molecule has 0 radical (unpaired) electrons. The Balaban J connectivity index is 1.96. The lowest BCUT2D eigenvalue weighted by Crippen LogP contribution is -2.42. The molecule has 0 spiro atoms. The molecular weight excluding hydrogens is 388 g/mol. The van der Waals surface area contributed by atoms with Crippen LogP contribution in [-0.4, -0.2) is 75.2 Å². The second kappa shape index (κ2) is 10.3. The quantitative estimate of drug-likeness (QED) is 0.416. The summed E-state index contributed by atoms with van der Waals surface area (Å²) in [7, 11) is 0. The normalized spacial score (nSPS) is 29.3. The molecule has 4 atom stereocenters. The van der Waals surface area contributed by atoms with Crippen molar-refractivity contribution in [2.45, 2.75) is 71.9 Å². The lowest BCUT2D eigenvalue weighted by molar-refractivity contribution is -0.237. The summed E-state index contributed by atoms with van der Waals surface area (Å²) in [5.41, 5.74) is -0.0342. The van der Waals surface area contributed by atoms with Crippen molar-refractivity contribution < 1.29 is 47.5 Å². The zero-order valence-corrected chi connectivity index (χ0v) is 17.5. The Bertz CT molecular complexity index is 580. The van der Waals surface area contributed by atoms with E-state index in [1.54, 1.807) is 0 Å². The molecule has 10 heteroatoms. The second-order valence-electron chi connectivity index (χ2n) is 7.87. The average Bonchev–Trinajstić information content (AvgIpc) is 2.90. The molecular formula is C19H30O10. The minimum Gasteiger partial charge on any atom is -0.463 e. The van der Waals surface area contributed by atoms with Gasteiger partial charge >= 0.3 is 17.9 Å². The molecule has 0 aromatic rings. The molecule has 29 heavy (non-hydrogen) atoms. The van der Waals surface area contributed by atoms with Crippen LogP contribution >= 0.6 is 0 Å². The van der Waals surface area contributed by atoms with Gasteiger partial charge in [0.25, 0.3) is 0 Å². The fourth-order valence-electron chi connectivity index (χ4n) is 2.98. The van der Waals surface area contributed by atoms with Crippen LogP contribution in [0.4, 0.5) is 0 Å². The first-order valence-corrected chi connectivity index (χ1v) is 9.55. The van der Waals surface area contributed by atoms with Crippen LogP contribution in [0.2, 0.25) is 0 Å². The average molecular weight is 418 g/mol. The lowest BCUT2D eigenvalue weighted by Gasteiger charge is -2.34. The molecule has 0 amide bonds. The van der Waals surface area contributed by atoms with E-state index in [2.05, 4.69) is 0 Å².